The Morgan fingerprint density at radius 1 is 0.833 bits per heavy atom. The molecule has 70 valence electrons. The van der Waals surface area contributed by atoms with E-state index in [-0.39, 0.29) is 24.8 Å². The van der Waals surface area contributed by atoms with Crippen molar-refractivity contribution in [2.45, 2.75) is 10.7 Å². The normalized spacial score (nSPS) is 8.17. The second kappa shape index (κ2) is 8.36. The summed E-state index contributed by atoms with van der Waals surface area (Å²) < 4.78 is 0. The van der Waals surface area contributed by atoms with Crippen LogP contribution in [0.2, 0.25) is 0 Å². The van der Waals surface area contributed by atoms with E-state index in [4.69, 9.17) is 0 Å². The van der Waals surface area contributed by atoms with E-state index in [1.807, 2.05) is 0 Å². The molecule has 1 rings (SSSR count). The van der Waals surface area contributed by atoms with Gasteiger partial charge in [0, 0.05) is 10.7 Å². The summed E-state index contributed by atoms with van der Waals surface area (Å²) in [6, 6.07) is 8.38. The van der Waals surface area contributed by atoms with Crippen molar-refractivity contribution >= 4 is 56.7 Å². The molecule has 1 aromatic carbocycles. The molecule has 1 aromatic rings. The SMILES string of the molecule is BrCc1ccccc1CBr.Cl.Cl. The molecule has 12 heavy (non-hydrogen) atoms. The Hall–Kier alpha value is 0.760. The highest BCUT2D eigenvalue weighted by Gasteiger charge is 1.95. The van der Waals surface area contributed by atoms with Crippen molar-refractivity contribution in [3.63, 3.8) is 0 Å². The number of halogens is 4. The van der Waals surface area contributed by atoms with E-state index in [0.717, 1.165) is 10.7 Å². The summed E-state index contributed by atoms with van der Waals surface area (Å²) in [5, 5.41) is 1.88. The highest BCUT2D eigenvalue weighted by molar-refractivity contribution is 9.09. The van der Waals surface area contributed by atoms with Gasteiger partial charge < -0.3 is 0 Å². The Morgan fingerprint density at radius 3 is 1.42 bits per heavy atom. The van der Waals surface area contributed by atoms with Crippen LogP contribution in [-0.2, 0) is 10.7 Å². The third-order valence-electron chi connectivity index (χ3n) is 1.41. The molecule has 4 heteroatoms. The summed E-state index contributed by atoms with van der Waals surface area (Å²) in [6.45, 7) is 0. The number of rotatable bonds is 2. The fourth-order valence-electron chi connectivity index (χ4n) is 0.818. The van der Waals surface area contributed by atoms with Crippen LogP contribution in [0.3, 0.4) is 0 Å². The first kappa shape index (κ1) is 15.2. The molecule has 0 fully saturated rings. The van der Waals surface area contributed by atoms with Crippen LogP contribution < -0.4 is 0 Å². The molecule has 0 unspecified atom stereocenters. The Kier molecular flexibility index (Phi) is 10.6. The average molecular weight is 337 g/mol. The van der Waals surface area contributed by atoms with Gasteiger partial charge in [-0.1, -0.05) is 56.1 Å². The maximum atomic E-state index is 3.43. The van der Waals surface area contributed by atoms with Gasteiger partial charge >= 0.3 is 0 Å². The molecule has 0 atom stereocenters. The Balaban J connectivity index is 0. The van der Waals surface area contributed by atoms with Gasteiger partial charge in [-0.05, 0) is 11.1 Å². The number of hydrogen-bond donors (Lipinski definition) is 0. The van der Waals surface area contributed by atoms with Crippen molar-refractivity contribution in [1.29, 1.82) is 0 Å². The lowest BCUT2D eigenvalue weighted by atomic mass is 10.1. The third kappa shape index (κ3) is 4.13. The molecule has 0 aliphatic heterocycles. The zero-order chi connectivity index (χ0) is 7.40. The smallest absolute Gasteiger partial charge is 0.0286 e. The van der Waals surface area contributed by atoms with Crippen LogP contribution in [-0.4, -0.2) is 0 Å². The Bertz CT molecular complexity index is 193. The van der Waals surface area contributed by atoms with Crippen molar-refractivity contribution in [2.24, 2.45) is 0 Å². The number of benzene rings is 1. The monoisotopic (exact) mass is 334 g/mol. The quantitative estimate of drug-likeness (QED) is 0.706. The average Bonchev–Trinajstić information content (AvgIpc) is 2.04. The van der Waals surface area contributed by atoms with Gasteiger partial charge in [-0.15, -0.1) is 24.8 Å². The Morgan fingerprint density at radius 2 is 1.17 bits per heavy atom. The number of alkyl halides is 2. The van der Waals surface area contributed by atoms with Gasteiger partial charge in [-0.2, -0.15) is 0 Å². The predicted molar refractivity (Wildman–Crippen MR) is 66.2 cm³/mol. The molecule has 0 nitrogen and oxygen atoms in total. The molecule has 0 amide bonds. The maximum Gasteiger partial charge on any atom is 0.0286 e. The molecule has 0 saturated heterocycles. The highest BCUT2D eigenvalue weighted by atomic mass is 79.9. The van der Waals surface area contributed by atoms with Crippen LogP contribution in [0.25, 0.3) is 0 Å². The first-order chi connectivity index (χ1) is 4.88. The molecular formula is C8H10Br2Cl2. The molecule has 0 spiro atoms. The minimum absolute atomic E-state index is 0. The van der Waals surface area contributed by atoms with E-state index in [1.165, 1.54) is 11.1 Å². The van der Waals surface area contributed by atoms with Gasteiger partial charge in [0.15, 0.2) is 0 Å². The van der Waals surface area contributed by atoms with Gasteiger partial charge in [0.1, 0.15) is 0 Å². The van der Waals surface area contributed by atoms with E-state index in [2.05, 4.69) is 56.1 Å². The predicted octanol–water partition coefficient (Wildman–Crippen LogP) is 4.32. The van der Waals surface area contributed by atoms with Crippen LogP contribution in [0.5, 0.6) is 0 Å². The van der Waals surface area contributed by atoms with Gasteiger partial charge in [0.05, 0.1) is 0 Å². The lowest BCUT2D eigenvalue weighted by Gasteiger charge is -2.00. The van der Waals surface area contributed by atoms with Gasteiger partial charge in [0.2, 0.25) is 0 Å². The number of hydrogen-bond acceptors (Lipinski definition) is 0. The van der Waals surface area contributed by atoms with E-state index in [0.29, 0.717) is 0 Å². The zero-order valence-corrected chi connectivity index (χ0v) is 11.1. The van der Waals surface area contributed by atoms with E-state index in [1.54, 1.807) is 0 Å². The van der Waals surface area contributed by atoms with Crippen LogP contribution in [0.4, 0.5) is 0 Å². The maximum absolute atomic E-state index is 3.43. The molecule has 0 N–H and O–H groups in total. The van der Waals surface area contributed by atoms with Crippen molar-refractivity contribution in [3.8, 4) is 0 Å². The molecule has 0 aliphatic carbocycles. The fraction of sp³-hybridized carbons (Fsp3) is 0.250. The second-order valence-corrected chi connectivity index (χ2v) is 3.16. The molecule has 0 aliphatic rings. The molecule has 0 heterocycles. The van der Waals surface area contributed by atoms with E-state index in [9.17, 15) is 0 Å². The van der Waals surface area contributed by atoms with Crippen LogP contribution in [0.15, 0.2) is 24.3 Å². The summed E-state index contributed by atoms with van der Waals surface area (Å²) >= 11 is 6.86. The van der Waals surface area contributed by atoms with E-state index < -0.39 is 0 Å². The molecule has 0 radical (unpaired) electrons. The largest absolute Gasteiger partial charge is 0.147 e. The lowest BCUT2D eigenvalue weighted by Crippen LogP contribution is -1.84. The van der Waals surface area contributed by atoms with Crippen LogP contribution >= 0.6 is 56.7 Å². The molecule has 0 bridgehead atoms. The molecule has 0 aromatic heterocycles. The molecular weight excluding hydrogens is 327 g/mol. The van der Waals surface area contributed by atoms with Crippen LogP contribution in [0.1, 0.15) is 11.1 Å². The summed E-state index contributed by atoms with van der Waals surface area (Å²) in [6.07, 6.45) is 0. The second-order valence-electron chi connectivity index (χ2n) is 2.04. The third-order valence-corrected chi connectivity index (χ3v) is 2.61. The van der Waals surface area contributed by atoms with Crippen LogP contribution in [0, 0.1) is 0 Å². The summed E-state index contributed by atoms with van der Waals surface area (Å²) in [4.78, 5) is 0. The minimum atomic E-state index is 0. The standard InChI is InChI=1S/C8H8Br2.2ClH/c9-5-7-3-1-2-4-8(7)6-10;;/h1-4H,5-6H2;2*1H. The minimum Gasteiger partial charge on any atom is -0.147 e. The first-order valence-electron chi connectivity index (χ1n) is 3.07. The van der Waals surface area contributed by atoms with Crippen molar-refractivity contribution < 1.29 is 0 Å². The highest BCUT2D eigenvalue weighted by Crippen LogP contribution is 2.14. The van der Waals surface area contributed by atoms with E-state index >= 15 is 0 Å². The summed E-state index contributed by atoms with van der Waals surface area (Å²) in [5.74, 6) is 0. The Labute approximate surface area is 102 Å². The topological polar surface area (TPSA) is 0 Å². The first-order valence-corrected chi connectivity index (χ1v) is 5.31. The fourth-order valence-corrected chi connectivity index (χ4v) is 1.91. The van der Waals surface area contributed by atoms with Gasteiger partial charge in [-0.3, -0.25) is 0 Å². The van der Waals surface area contributed by atoms with Gasteiger partial charge in [0.25, 0.3) is 0 Å². The zero-order valence-electron chi connectivity index (χ0n) is 6.30. The van der Waals surface area contributed by atoms with Crippen molar-refractivity contribution in [1.82, 2.24) is 0 Å². The summed E-state index contributed by atoms with van der Waals surface area (Å²) in [7, 11) is 0. The van der Waals surface area contributed by atoms with Crippen molar-refractivity contribution in [3.05, 3.63) is 35.4 Å². The summed E-state index contributed by atoms with van der Waals surface area (Å²) in [5.41, 5.74) is 2.72. The van der Waals surface area contributed by atoms with Crippen molar-refractivity contribution in [2.75, 3.05) is 0 Å². The van der Waals surface area contributed by atoms with Gasteiger partial charge in [-0.25, -0.2) is 0 Å². The molecule has 0 saturated carbocycles. The lowest BCUT2D eigenvalue weighted by molar-refractivity contribution is 1.30.